The molecule has 0 saturated heterocycles. The maximum Gasteiger partial charge on any atom is 0.221 e. The molecule has 0 atom stereocenters. The van der Waals surface area contributed by atoms with Crippen molar-refractivity contribution < 1.29 is 10.1 Å². The molecule has 1 aliphatic heterocycles. The second-order valence-electron chi connectivity index (χ2n) is 7.47. The van der Waals surface area contributed by atoms with Crippen LogP contribution in [0.15, 0.2) is 48.8 Å². The number of ether oxygens (including phenoxy) is 1. The molecule has 3 nitrogen and oxygen atoms in total. The van der Waals surface area contributed by atoms with Crippen LogP contribution in [-0.4, -0.2) is 11.7 Å². The van der Waals surface area contributed by atoms with Crippen molar-refractivity contribution in [2.24, 2.45) is 0 Å². The molecule has 1 aromatic heterocycles. The highest BCUT2D eigenvalue weighted by Crippen LogP contribution is 2.40. The van der Waals surface area contributed by atoms with E-state index in [4.69, 9.17) is 4.74 Å². The first kappa shape index (κ1) is 15.2. The molecule has 1 aliphatic rings. The number of benzene rings is 2. The van der Waals surface area contributed by atoms with Crippen molar-refractivity contribution in [1.29, 1.82) is 0 Å². The van der Waals surface area contributed by atoms with Gasteiger partial charge in [-0.1, -0.05) is 45.0 Å². The summed E-state index contributed by atoms with van der Waals surface area (Å²) >= 11 is 0. The van der Waals surface area contributed by atoms with Crippen LogP contribution in [0.25, 0.3) is 21.9 Å². The first-order valence-corrected chi connectivity index (χ1v) is 8.49. The molecule has 0 radical (unpaired) electrons. The van der Waals surface area contributed by atoms with Gasteiger partial charge in [0.05, 0.1) is 0 Å². The zero-order chi connectivity index (χ0) is 16.7. The molecular formula is C21H23N2O+. The molecule has 2 heterocycles. The van der Waals surface area contributed by atoms with Gasteiger partial charge >= 0.3 is 0 Å². The zero-order valence-electron chi connectivity index (χ0n) is 14.5. The van der Waals surface area contributed by atoms with Crippen molar-refractivity contribution in [3.8, 4) is 16.9 Å². The fourth-order valence-corrected chi connectivity index (χ4v) is 3.33. The average molecular weight is 319 g/mol. The summed E-state index contributed by atoms with van der Waals surface area (Å²) in [4.78, 5) is 4.47. The van der Waals surface area contributed by atoms with Gasteiger partial charge in [-0.05, 0) is 28.5 Å². The lowest BCUT2D eigenvalue weighted by Gasteiger charge is -2.26. The quantitative estimate of drug-likeness (QED) is 0.744. The van der Waals surface area contributed by atoms with Gasteiger partial charge in [0, 0.05) is 34.5 Å². The molecule has 2 aromatic carbocycles. The molecule has 3 aromatic rings. The van der Waals surface area contributed by atoms with Crippen molar-refractivity contribution in [3.05, 3.63) is 59.9 Å². The van der Waals surface area contributed by atoms with E-state index < -0.39 is 0 Å². The Morgan fingerprint density at radius 2 is 1.88 bits per heavy atom. The van der Waals surface area contributed by atoms with Crippen molar-refractivity contribution in [2.75, 3.05) is 6.73 Å². The first-order valence-electron chi connectivity index (χ1n) is 8.49. The highest BCUT2D eigenvalue weighted by atomic mass is 16.5. The molecule has 122 valence electrons. The van der Waals surface area contributed by atoms with E-state index in [0.717, 1.165) is 28.8 Å². The molecule has 0 fully saturated rings. The number of fused-ring (bicyclic) bond motifs is 2. The van der Waals surface area contributed by atoms with Gasteiger partial charge in [0.2, 0.25) is 6.73 Å². The molecular weight excluding hydrogens is 296 g/mol. The van der Waals surface area contributed by atoms with E-state index in [0.29, 0.717) is 6.73 Å². The molecule has 0 bridgehead atoms. The van der Waals surface area contributed by atoms with Gasteiger partial charge in [0.15, 0.2) is 0 Å². The summed E-state index contributed by atoms with van der Waals surface area (Å²) in [5, 5.41) is 4.58. The predicted molar refractivity (Wildman–Crippen MR) is 97.0 cm³/mol. The molecule has 0 spiro atoms. The summed E-state index contributed by atoms with van der Waals surface area (Å²) in [6.45, 7) is 8.41. The Morgan fingerprint density at radius 3 is 2.71 bits per heavy atom. The number of rotatable bonds is 1. The second kappa shape index (κ2) is 5.60. The van der Waals surface area contributed by atoms with Crippen LogP contribution < -0.4 is 10.1 Å². The van der Waals surface area contributed by atoms with Crippen LogP contribution in [0.2, 0.25) is 0 Å². The standard InChI is InChI=1S/C21H22N2O/c1-21(2,3)16-8-15-11-23-13-24-20(15)18(9-16)19-12-22-10-14-6-4-5-7-17(14)19/h4-10,12,23H,11,13H2,1-3H3/p+1. The number of aromatic nitrogens is 1. The summed E-state index contributed by atoms with van der Waals surface area (Å²) in [7, 11) is 0. The van der Waals surface area contributed by atoms with E-state index in [1.165, 1.54) is 16.5 Å². The number of quaternary nitrogens is 1. The van der Waals surface area contributed by atoms with Crippen LogP contribution in [0.1, 0.15) is 31.9 Å². The molecule has 0 saturated carbocycles. The average Bonchev–Trinajstić information content (AvgIpc) is 2.59. The number of pyridine rings is 1. The van der Waals surface area contributed by atoms with Crippen LogP contribution in [-0.2, 0) is 12.0 Å². The van der Waals surface area contributed by atoms with Crippen LogP contribution in [0.4, 0.5) is 0 Å². The summed E-state index contributed by atoms with van der Waals surface area (Å²) in [6.07, 6.45) is 3.89. The highest BCUT2D eigenvalue weighted by Gasteiger charge is 2.24. The third-order valence-electron chi connectivity index (χ3n) is 4.70. The molecule has 0 amide bonds. The summed E-state index contributed by atoms with van der Waals surface area (Å²) in [5.74, 6) is 1.02. The maximum atomic E-state index is 6.04. The number of nitrogens with two attached hydrogens (primary N) is 1. The van der Waals surface area contributed by atoms with Crippen molar-refractivity contribution in [3.63, 3.8) is 0 Å². The minimum absolute atomic E-state index is 0.0965. The lowest BCUT2D eigenvalue weighted by molar-refractivity contribution is -0.699. The molecule has 0 unspecified atom stereocenters. The SMILES string of the molecule is CC(C)(C)c1cc2c(c(-c3cncc4ccccc34)c1)OC[NH2+]C2. The smallest absolute Gasteiger partial charge is 0.221 e. The summed E-state index contributed by atoms with van der Waals surface area (Å²) in [5.41, 5.74) is 5.02. The van der Waals surface area contributed by atoms with Gasteiger partial charge in [0.1, 0.15) is 12.3 Å². The van der Waals surface area contributed by atoms with E-state index in [1.807, 2.05) is 12.4 Å². The Hall–Kier alpha value is -2.39. The third-order valence-corrected chi connectivity index (χ3v) is 4.70. The number of hydrogen-bond donors (Lipinski definition) is 1. The van der Waals surface area contributed by atoms with Crippen molar-refractivity contribution >= 4 is 10.8 Å². The predicted octanol–water partition coefficient (Wildman–Crippen LogP) is 3.61. The topological polar surface area (TPSA) is 38.7 Å². The van der Waals surface area contributed by atoms with E-state index >= 15 is 0 Å². The lowest BCUT2D eigenvalue weighted by atomic mass is 9.83. The molecule has 4 rings (SSSR count). The van der Waals surface area contributed by atoms with Gasteiger partial charge in [0.25, 0.3) is 0 Å². The minimum atomic E-state index is 0.0965. The number of hydrogen-bond acceptors (Lipinski definition) is 2. The van der Waals surface area contributed by atoms with E-state index in [1.54, 1.807) is 0 Å². The third kappa shape index (κ3) is 2.55. The van der Waals surface area contributed by atoms with Gasteiger partial charge in [-0.25, -0.2) is 0 Å². The largest absolute Gasteiger partial charge is 0.444 e. The molecule has 24 heavy (non-hydrogen) atoms. The minimum Gasteiger partial charge on any atom is -0.444 e. The maximum absolute atomic E-state index is 6.04. The molecule has 3 heteroatoms. The highest BCUT2D eigenvalue weighted by molar-refractivity contribution is 5.97. The first-order chi connectivity index (χ1) is 11.5. The Bertz CT molecular complexity index is 904. The van der Waals surface area contributed by atoms with Gasteiger partial charge in [-0.15, -0.1) is 0 Å². The van der Waals surface area contributed by atoms with Gasteiger partial charge < -0.3 is 10.1 Å². The van der Waals surface area contributed by atoms with E-state index in [-0.39, 0.29) is 5.41 Å². The monoisotopic (exact) mass is 319 g/mol. The van der Waals surface area contributed by atoms with Crippen LogP contribution in [0.5, 0.6) is 5.75 Å². The normalized spacial score (nSPS) is 14.3. The van der Waals surface area contributed by atoms with Gasteiger partial charge in [-0.3, -0.25) is 4.98 Å². The fourth-order valence-electron chi connectivity index (χ4n) is 3.33. The Balaban J connectivity index is 2.03. The number of nitrogens with zero attached hydrogens (tertiary/aromatic N) is 1. The Kier molecular flexibility index (Phi) is 3.54. The Morgan fingerprint density at radius 1 is 1.04 bits per heavy atom. The fraction of sp³-hybridized carbons (Fsp3) is 0.286. The molecule has 0 aliphatic carbocycles. The second-order valence-corrected chi connectivity index (χ2v) is 7.47. The summed E-state index contributed by atoms with van der Waals surface area (Å²) in [6, 6.07) is 13.0. The molecule has 2 N–H and O–H groups in total. The van der Waals surface area contributed by atoms with Crippen molar-refractivity contribution in [2.45, 2.75) is 32.7 Å². The van der Waals surface area contributed by atoms with E-state index in [2.05, 4.69) is 67.5 Å². The van der Waals surface area contributed by atoms with Gasteiger partial charge in [-0.2, -0.15) is 0 Å². The summed E-state index contributed by atoms with van der Waals surface area (Å²) < 4.78 is 6.04. The Labute approximate surface area is 142 Å². The lowest BCUT2D eigenvalue weighted by Crippen LogP contribution is -2.85. The zero-order valence-corrected chi connectivity index (χ0v) is 14.5. The van der Waals surface area contributed by atoms with Crippen LogP contribution in [0.3, 0.4) is 0 Å². The van der Waals surface area contributed by atoms with Crippen LogP contribution in [0, 0.1) is 0 Å². The van der Waals surface area contributed by atoms with Crippen molar-refractivity contribution in [1.82, 2.24) is 4.98 Å². The van der Waals surface area contributed by atoms with Crippen LogP contribution >= 0.6 is 0 Å². The van der Waals surface area contributed by atoms with E-state index in [9.17, 15) is 0 Å².